The number of morpholine rings is 1. The van der Waals surface area contributed by atoms with Gasteiger partial charge in [0.15, 0.2) is 5.11 Å². The summed E-state index contributed by atoms with van der Waals surface area (Å²) in [6.45, 7) is 2.25. The third-order valence-electron chi connectivity index (χ3n) is 4.02. The van der Waals surface area contributed by atoms with Gasteiger partial charge in [0.1, 0.15) is 0 Å². The lowest BCUT2D eigenvalue weighted by atomic mass is 10.2. The van der Waals surface area contributed by atoms with Crippen LogP contribution in [-0.4, -0.2) is 44.1 Å². The fraction of sp³-hybridized carbons (Fsp3) is 0.278. The standard InChI is InChI=1S/C18H21N3O3S2/c22-26(23,21-10-12-24-13-11-21)17-8-6-16(7-9-17)20-18(25)19-14-15-4-2-1-3-5-15/h1-9H,10-14H2,(H2,19,20,25). The molecule has 1 heterocycles. The maximum Gasteiger partial charge on any atom is 0.243 e. The second-order valence-corrected chi connectivity index (χ2v) is 8.18. The van der Waals surface area contributed by atoms with Crippen LogP contribution in [0.3, 0.4) is 0 Å². The van der Waals surface area contributed by atoms with Crippen molar-refractivity contribution >= 4 is 33.0 Å². The zero-order valence-corrected chi connectivity index (χ0v) is 15.9. The summed E-state index contributed by atoms with van der Waals surface area (Å²) in [7, 11) is -3.48. The lowest BCUT2D eigenvalue weighted by molar-refractivity contribution is 0.0730. The van der Waals surface area contributed by atoms with E-state index >= 15 is 0 Å². The van der Waals surface area contributed by atoms with Crippen LogP contribution >= 0.6 is 12.2 Å². The maximum absolute atomic E-state index is 12.6. The molecule has 0 bridgehead atoms. The van der Waals surface area contributed by atoms with Crippen molar-refractivity contribution in [3.8, 4) is 0 Å². The van der Waals surface area contributed by atoms with Crippen LogP contribution in [0.1, 0.15) is 5.56 Å². The molecule has 0 saturated carbocycles. The molecule has 1 aliphatic rings. The van der Waals surface area contributed by atoms with Crippen LogP contribution in [0.2, 0.25) is 0 Å². The zero-order chi connectivity index (χ0) is 18.4. The first kappa shape index (κ1) is 18.8. The van der Waals surface area contributed by atoms with Crippen molar-refractivity contribution in [3.63, 3.8) is 0 Å². The molecule has 0 radical (unpaired) electrons. The number of rotatable bonds is 5. The number of nitrogens with zero attached hydrogens (tertiary/aromatic N) is 1. The summed E-state index contributed by atoms with van der Waals surface area (Å²) in [5.41, 5.74) is 1.86. The monoisotopic (exact) mass is 391 g/mol. The van der Waals surface area contributed by atoms with Crippen molar-refractivity contribution in [2.24, 2.45) is 0 Å². The highest BCUT2D eigenvalue weighted by Gasteiger charge is 2.26. The van der Waals surface area contributed by atoms with Gasteiger partial charge in [0.2, 0.25) is 10.0 Å². The van der Waals surface area contributed by atoms with Crippen LogP contribution < -0.4 is 10.6 Å². The first-order valence-electron chi connectivity index (χ1n) is 8.32. The van der Waals surface area contributed by atoms with Crippen LogP contribution in [0.4, 0.5) is 5.69 Å². The Bertz CT molecular complexity index is 834. The minimum atomic E-state index is -3.48. The number of ether oxygens (including phenoxy) is 1. The Morgan fingerprint density at radius 1 is 1.04 bits per heavy atom. The van der Waals surface area contributed by atoms with Crippen LogP contribution in [0, 0.1) is 0 Å². The molecule has 138 valence electrons. The molecule has 1 saturated heterocycles. The van der Waals surface area contributed by atoms with E-state index in [-0.39, 0.29) is 4.90 Å². The third-order valence-corrected chi connectivity index (χ3v) is 6.18. The van der Waals surface area contributed by atoms with E-state index in [9.17, 15) is 8.42 Å². The van der Waals surface area contributed by atoms with Gasteiger partial charge in [0.25, 0.3) is 0 Å². The third kappa shape index (κ3) is 4.79. The van der Waals surface area contributed by atoms with E-state index in [0.717, 1.165) is 11.3 Å². The molecule has 2 aromatic carbocycles. The molecule has 2 N–H and O–H groups in total. The van der Waals surface area contributed by atoms with Gasteiger partial charge in [0, 0.05) is 25.3 Å². The minimum Gasteiger partial charge on any atom is -0.379 e. The van der Waals surface area contributed by atoms with E-state index in [2.05, 4.69) is 10.6 Å². The summed E-state index contributed by atoms with van der Waals surface area (Å²) in [6.07, 6.45) is 0. The summed E-state index contributed by atoms with van der Waals surface area (Å²) in [4.78, 5) is 0.271. The van der Waals surface area contributed by atoms with Crippen molar-refractivity contribution in [2.45, 2.75) is 11.4 Å². The SMILES string of the molecule is O=S(=O)(c1ccc(NC(=S)NCc2ccccc2)cc1)N1CCOCC1. The molecule has 1 fully saturated rings. The Morgan fingerprint density at radius 2 is 1.69 bits per heavy atom. The highest BCUT2D eigenvalue weighted by Crippen LogP contribution is 2.19. The van der Waals surface area contributed by atoms with Crippen molar-refractivity contribution < 1.29 is 13.2 Å². The molecule has 0 unspecified atom stereocenters. The van der Waals surface area contributed by atoms with Gasteiger partial charge >= 0.3 is 0 Å². The van der Waals surface area contributed by atoms with E-state index in [1.54, 1.807) is 24.3 Å². The topological polar surface area (TPSA) is 70.7 Å². The normalized spacial score (nSPS) is 15.4. The highest BCUT2D eigenvalue weighted by atomic mass is 32.2. The Hall–Kier alpha value is -2.00. The zero-order valence-electron chi connectivity index (χ0n) is 14.2. The summed E-state index contributed by atoms with van der Waals surface area (Å²) in [5.74, 6) is 0. The average molecular weight is 392 g/mol. The molecular formula is C18H21N3O3S2. The Balaban J connectivity index is 1.58. The van der Waals surface area contributed by atoms with E-state index in [4.69, 9.17) is 17.0 Å². The number of hydrogen-bond donors (Lipinski definition) is 2. The predicted molar refractivity (Wildman–Crippen MR) is 106 cm³/mol. The van der Waals surface area contributed by atoms with Crippen LogP contribution in [0.5, 0.6) is 0 Å². The van der Waals surface area contributed by atoms with Gasteiger partial charge in [0.05, 0.1) is 18.1 Å². The second-order valence-electron chi connectivity index (χ2n) is 5.83. The van der Waals surface area contributed by atoms with Crippen molar-refractivity contribution in [1.82, 2.24) is 9.62 Å². The largest absolute Gasteiger partial charge is 0.379 e. The van der Waals surface area contributed by atoms with E-state index in [1.807, 2.05) is 30.3 Å². The highest BCUT2D eigenvalue weighted by molar-refractivity contribution is 7.89. The van der Waals surface area contributed by atoms with Crippen molar-refractivity contribution in [1.29, 1.82) is 0 Å². The molecule has 1 aliphatic heterocycles. The van der Waals surface area contributed by atoms with Gasteiger partial charge in [-0.2, -0.15) is 4.31 Å². The minimum absolute atomic E-state index is 0.271. The lowest BCUT2D eigenvalue weighted by Crippen LogP contribution is -2.40. The molecule has 0 atom stereocenters. The van der Waals surface area contributed by atoms with Crippen LogP contribution in [-0.2, 0) is 21.3 Å². The van der Waals surface area contributed by atoms with Gasteiger partial charge in [-0.25, -0.2) is 8.42 Å². The quantitative estimate of drug-likeness (QED) is 0.762. The van der Waals surface area contributed by atoms with Crippen molar-refractivity contribution in [2.75, 3.05) is 31.6 Å². The number of hydrogen-bond acceptors (Lipinski definition) is 4. The van der Waals surface area contributed by atoms with Crippen LogP contribution in [0.15, 0.2) is 59.5 Å². The first-order valence-corrected chi connectivity index (χ1v) is 10.2. The summed E-state index contributed by atoms with van der Waals surface area (Å²) < 4.78 is 31.8. The number of benzene rings is 2. The molecule has 0 spiro atoms. The fourth-order valence-corrected chi connectivity index (χ4v) is 4.20. The number of thiocarbonyl (C=S) groups is 1. The molecule has 6 nitrogen and oxygen atoms in total. The summed E-state index contributed by atoms with van der Waals surface area (Å²) in [6, 6.07) is 16.5. The number of sulfonamides is 1. The van der Waals surface area contributed by atoms with Crippen molar-refractivity contribution in [3.05, 3.63) is 60.2 Å². The molecule has 0 aliphatic carbocycles. The number of nitrogens with one attached hydrogen (secondary N) is 2. The summed E-state index contributed by atoms with van der Waals surface area (Å²) >= 11 is 5.28. The Labute approximate surface area is 159 Å². The van der Waals surface area contributed by atoms with E-state index < -0.39 is 10.0 Å². The van der Waals surface area contributed by atoms with Crippen LogP contribution in [0.25, 0.3) is 0 Å². The first-order chi connectivity index (χ1) is 12.6. The Morgan fingerprint density at radius 3 is 2.35 bits per heavy atom. The van der Waals surface area contributed by atoms with E-state index in [1.165, 1.54) is 4.31 Å². The molecule has 0 amide bonds. The fourth-order valence-electron chi connectivity index (χ4n) is 2.60. The van der Waals surface area contributed by atoms with Gasteiger partial charge in [-0.3, -0.25) is 0 Å². The van der Waals surface area contributed by atoms with Gasteiger partial charge in [-0.15, -0.1) is 0 Å². The molecule has 8 heteroatoms. The molecule has 2 aromatic rings. The van der Waals surface area contributed by atoms with Gasteiger partial charge in [-0.1, -0.05) is 30.3 Å². The maximum atomic E-state index is 12.6. The smallest absolute Gasteiger partial charge is 0.243 e. The van der Waals surface area contributed by atoms with Gasteiger partial charge in [-0.05, 0) is 42.0 Å². The summed E-state index contributed by atoms with van der Waals surface area (Å²) in [5, 5.41) is 6.67. The molecule has 26 heavy (non-hydrogen) atoms. The molecule has 0 aromatic heterocycles. The second kappa shape index (κ2) is 8.59. The van der Waals surface area contributed by atoms with Gasteiger partial charge < -0.3 is 15.4 Å². The lowest BCUT2D eigenvalue weighted by Gasteiger charge is -2.26. The number of anilines is 1. The van der Waals surface area contributed by atoms with E-state index in [0.29, 0.717) is 38.0 Å². The molecule has 3 rings (SSSR count). The predicted octanol–water partition coefficient (Wildman–Crippen LogP) is 2.19. The average Bonchev–Trinajstić information content (AvgIpc) is 2.68. The molecular weight excluding hydrogens is 370 g/mol. The Kier molecular flexibility index (Phi) is 6.20.